The second-order valence-corrected chi connectivity index (χ2v) is 4.96. The maximum absolute atomic E-state index is 11.1. The minimum absolute atomic E-state index is 0.422. The van der Waals surface area contributed by atoms with Gasteiger partial charge in [-0.05, 0) is 56.0 Å². The van der Waals surface area contributed by atoms with Crippen LogP contribution >= 0.6 is 0 Å². The summed E-state index contributed by atoms with van der Waals surface area (Å²) in [7, 11) is 1.70. The van der Waals surface area contributed by atoms with Gasteiger partial charge in [0, 0.05) is 12.7 Å². The predicted octanol–water partition coefficient (Wildman–Crippen LogP) is 1.74. The number of anilines is 1. The fraction of sp³-hybridized carbons (Fsp3) is 0.500. The number of nitrogens with zero attached hydrogens (tertiary/aromatic N) is 1. The Morgan fingerprint density at radius 2 is 2.17 bits per heavy atom. The molecular formula is C14H21N3O. The first kappa shape index (κ1) is 12.9. The predicted molar refractivity (Wildman–Crippen MR) is 73.7 cm³/mol. The molecule has 4 nitrogen and oxygen atoms in total. The van der Waals surface area contributed by atoms with E-state index in [0.717, 1.165) is 31.1 Å². The van der Waals surface area contributed by atoms with Crippen molar-refractivity contribution in [1.29, 1.82) is 0 Å². The molecule has 0 aliphatic carbocycles. The standard InChI is InChI=1S/C14H21N3O/c1-17(14(15)18)13-4-2-3-12(10-13)9-11-5-7-16-8-6-11/h2-4,10-11,16H,5-9H2,1H3,(H2,15,18). The molecular weight excluding hydrogens is 226 g/mol. The second kappa shape index (κ2) is 5.87. The third kappa shape index (κ3) is 3.23. The summed E-state index contributed by atoms with van der Waals surface area (Å²) in [6, 6.07) is 7.67. The number of hydrogen-bond donors (Lipinski definition) is 2. The van der Waals surface area contributed by atoms with E-state index >= 15 is 0 Å². The van der Waals surface area contributed by atoms with Gasteiger partial charge in [-0.2, -0.15) is 0 Å². The molecule has 2 rings (SSSR count). The summed E-state index contributed by atoms with van der Waals surface area (Å²) in [5.41, 5.74) is 7.44. The number of primary amides is 1. The molecule has 1 aromatic carbocycles. The second-order valence-electron chi connectivity index (χ2n) is 4.96. The van der Waals surface area contributed by atoms with E-state index in [-0.39, 0.29) is 0 Å². The van der Waals surface area contributed by atoms with Crippen LogP contribution in [0.2, 0.25) is 0 Å². The Labute approximate surface area is 108 Å². The van der Waals surface area contributed by atoms with Crippen LogP contribution in [-0.2, 0) is 6.42 Å². The van der Waals surface area contributed by atoms with Crippen LogP contribution in [0.25, 0.3) is 0 Å². The SMILES string of the molecule is CN(C(N)=O)c1cccc(CC2CCNCC2)c1. The lowest BCUT2D eigenvalue weighted by molar-refractivity contribution is 0.255. The van der Waals surface area contributed by atoms with E-state index in [1.54, 1.807) is 7.05 Å². The highest BCUT2D eigenvalue weighted by Gasteiger charge is 2.14. The van der Waals surface area contributed by atoms with Crippen molar-refractivity contribution in [3.8, 4) is 0 Å². The number of nitrogens with two attached hydrogens (primary N) is 1. The van der Waals surface area contributed by atoms with E-state index in [1.807, 2.05) is 12.1 Å². The van der Waals surface area contributed by atoms with Crippen molar-refractivity contribution in [2.75, 3.05) is 25.0 Å². The number of amides is 2. The van der Waals surface area contributed by atoms with Crippen LogP contribution in [0.15, 0.2) is 24.3 Å². The van der Waals surface area contributed by atoms with Gasteiger partial charge in [-0.15, -0.1) is 0 Å². The lowest BCUT2D eigenvalue weighted by Crippen LogP contribution is -2.31. The van der Waals surface area contributed by atoms with E-state index < -0.39 is 6.03 Å². The zero-order valence-electron chi connectivity index (χ0n) is 10.9. The summed E-state index contributed by atoms with van der Waals surface area (Å²) in [6.45, 7) is 2.23. The van der Waals surface area contributed by atoms with Gasteiger partial charge in [0.1, 0.15) is 0 Å². The van der Waals surface area contributed by atoms with Crippen molar-refractivity contribution < 1.29 is 4.79 Å². The third-order valence-corrected chi connectivity index (χ3v) is 3.61. The molecule has 0 spiro atoms. The number of hydrogen-bond acceptors (Lipinski definition) is 2. The minimum atomic E-state index is -0.422. The Morgan fingerprint density at radius 1 is 1.44 bits per heavy atom. The fourth-order valence-electron chi connectivity index (χ4n) is 2.44. The van der Waals surface area contributed by atoms with Crippen molar-refractivity contribution in [3.63, 3.8) is 0 Å². The Kier molecular flexibility index (Phi) is 4.20. The average molecular weight is 247 g/mol. The first-order valence-corrected chi connectivity index (χ1v) is 6.49. The normalized spacial score (nSPS) is 16.5. The quantitative estimate of drug-likeness (QED) is 0.855. The molecule has 98 valence electrons. The largest absolute Gasteiger partial charge is 0.351 e. The van der Waals surface area contributed by atoms with Gasteiger partial charge in [0.2, 0.25) is 0 Å². The number of rotatable bonds is 3. The number of urea groups is 1. The molecule has 0 radical (unpaired) electrons. The molecule has 1 saturated heterocycles. The van der Waals surface area contributed by atoms with E-state index in [4.69, 9.17) is 5.73 Å². The molecule has 1 aliphatic heterocycles. The van der Waals surface area contributed by atoms with Crippen LogP contribution in [0.4, 0.5) is 10.5 Å². The first-order chi connectivity index (χ1) is 8.66. The van der Waals surface area contributed by atoms with E-state index in [9.17, 15) is 4.79 Å². The summed E-state index contributed by atoms with van der Waals surface area (Å²) < 4.78 is 0. The van der Waals surface area contributed by atoms with Crippen LogP contribution in [0.5, 0.6) is 0 Å². The Morgan fingerprint density at radius 3 is 2.83 bits per heavy atom. The summed E-state index contributed by atoms with van der Waals surface area (Å²) in [5.74, 6) is 0.750. The minimum Gasteiger partial charge on any atom is -0.351 e. The molecule has 1 heterocycles. The fourth-order valence-corrected chi connectivity index (χ4v) is 2.44. The van der Waals surface area contributed by atoms with E-state index in [0.29, 0.717) is 0 Å². The summed E-state index contributed by atoms with van der Waals surface area (Å²) in [4.78, 5) is 12.6. The highest BCUT2D eigenvalue weighted by atomic mass is 16.2. The van der Waals surface area contributed by atoms with Crippen LogP contribution in [-0.4, -0.2) is 26.2 Å². The molecule has 2 amide bonds. The zero-order valence-corrected chi connectivity index (χ0v) is 10.9. The average Bonchev–Trinajstić information content (AvgIpc) is 2.39. The molecule has 0 aromatic heterocycles. The smallest absolute Gasteiger partial charge is 0.318 e. The maximum atomic E-state index is 11.1. The van der Waals surface area contributed by atoms with Crippen LogP contribution < -0.4 is 16.0 Å². The van der Waals surface area contributed by atoms with Gasteiger partial charge in [0.15, 0.2) is 0 Å². The number of benzene rings is 1. The number of nitrogens with one attached hydrogen (secondary N) is 1. The van der Waals surface area contributed by atoms with Crippen LogP contribution in [0.1, 0.15) is 18.4 Å². The Hall–Kier alpha value is -1.55. The topological polar surface area (TPSA) is 58.4 Å². The van der Waals surface area contributed by atoms with Crippen molar-refractivity contribution in [1.82, 2.24) is 5.32 Å². The van der Waals surface area contributed by atoms with Gasteiger partial charge in [-0.3, -0.25) is 4.90 Å². The molecule has 1 fully saturated rings. The van der Waals surface area contributed by atoms with Crippen LogP contribution in [0.3, 0.4) is 0 Å². The number of carbonyl (C=O) groups excluding carboxylic acids is 1. The maximum Gasteiger partial charge on any atom is 0.318 e. The number of carbonyl (C=O) groups is 1. The molecule has 0 saturated carbocycles. The van der Waals surface area contributed by atoms with Gasteiger partial charge in [-0.25, -0.2) is 4.79 Å². The van der Waals surface area contributed by atoms with Gasteiger partial charge < -0.3 is 11.1 Å². The molecule has 18 heavy (non-hydrogen) atoms. The Balaban J connectivity index is 2.04. The summed E-state index contributed by atoms with van der Waals surface area (Å²) >= 11 is 0. The van der Waals surface area contributed by atoms with E-state index in [1.165, 1.54) is 23.3 Å². The van der Waals surface area contributed by atoms with Gasteiger partial charge in [0.05, 0.1) is 0 Å². The highest BCUT2D eigenvalue weighted by Crippen LogP contribution is 2.21. The van der Waals surface area contributed by atoms with Gasteiger partial charge in [0.25, 0.3) is 0 Å². The molecule has 1 aliphatic rings. The van der Waals surface area contributed by atoms with Crippen LogP contribution in [0, 0.1) is 5.92 Å². The lowest BCUT2D eigenvalue weighted by atomic mass is 9.91. The van der Waals surface area contributed by atoms with Crippen molar-refractivity contribution in [2.45, 2.75) is 19.3 Å². The van der Waals surface area contributed by atoms with Gasteiger partial charge >= 0.3 is 6.03 Å². The first-order valence-electron chi connectivity index (χ1n) is 6.49. The van der Waals surface area contributed by atoms with Crippen molar-refractivity contribution >= 4 is 11.7 Å². The zero-order chi connectivity index (χ0) is 13.0. The molecule has 3 N–H and O–H groups in total. The summed E-state index contributed by atoms with van der Waals surface area (Å²) in [5, 5.41) is 3.38. The highest BCUT2D eigenvalue weighted by molar-refractivity contribution is 5.90. The molecule has 1 aromatic rings. The molecule has 0 unspecified atom stereocenters. The van der Waals surface area contributed by atoms with Crippen molar-refractivity contribution in [2.24, 2.45) is 11.7 Å². The monoisotopic (exact) mass is 247 g/mol. The summed E-state index contributed by atoms with van der Waals surface area (Å²) in [6.07, 6.45) is 3.55. The lowest BCUT2D eigenvalue weighted by Gasteiger charge is -2.23. The molecule has 0 bridgehead atoms. The molecule has 4 heteroatoms. The molecule has 0 atom stereocenters. The Bertz CT molecular complexity index is 413. The third-order valence-electron chi connectivity index (χ3n) is 3.61. The number of piperidine rings is 1. The van der Waals surface area contributed by atoms with Gasteiger partial charge in [-0.1, -0.05) is 12.1 Å². The van der Waals surface area contributed by atoms with E-state index in [2.05, 4.69) is 17.4 Å². The van der Waals surface area contributed by atoms with Crippen molar-refractivity contribution in [3.05, 3.63) is 29.8 Å².